The Morgan fingerprint density at radius 2 is 1.54 bits per heavy atom. The fourth-order valence-electron chi connectivity index (χ4n) is 2.75. The summed E-state index contributed by atoms with van der Waals surface area (Å²) in [6.45, 7) is -0.00136. The van der Waals surface area contributed by atoms with E-state index in [1.165, 1.54) is 0 Å². The molecule has 0 spiro atoms. The van der Waals surface area contributed by atoms with E-state index in [1.807, 2.05) is 0 Å². The Morgan fingerprint density at radius 3 is 2.12 bits per heavy atom. The Bertz CT molecular complexity index is 473. The number of hydrogen-bond donors (Lipinski definition) is 7. The minimum absolute atomic E-state index is 0.436. The van der Waals surface area contributed by atoms with Gasteiger partial charge >= 0.3 is 5.97 Å². The maximum Gasteiger partial charge on any atom is 0.302 e. The minimum Gasteiger partial charge on any atom is -0.463 e. The van der Waals surface area contributed by atoms with Gasteiger partial charge in [0.1, 0.15) is 55.4 Å². The normalized spacial score (nSPS) is 46.8. The molecule has 0 radical (unpaired) electrons. The van der Waals surface area contributed by atoms with Crippen LogP contribution in [0, 0.1) is 0 Å². The summed E-state index contributed by atoms with van der Waals surface area (Å²) < 4.78 is 20.1. The summed E-state index contributed by atoms with van der Waals surface area (Å²) in [5.41, 5.74) is 0. The molecule has 0 aromatic heterocycles. The summed E-state index contributed by atoms with van der Waals surface area (Å²) in [5.74, 6) is -0.659. The van der Waals surface area contributed by atoms with Crippen LogP contribution in [-0.2, 0) is 23.7 Å². The summed E-state index contributed by atoms with van der Waals surface area (Å²) in [5, 5.41) is 68.6. The molecule has 2 aliphatic heterocycles. The molecule has 0 aliphatic carbocycles. The molecule has 12 nitrogen and oxygen atoms in total. The zero-order chi connectivity index (χ0) is 19.6. The predicted molar refractivity (Wildman–Crippen MR) is 78.2 cm³/mol. The maximum absolute atomic E-state index is 10.9. The van der Waals surface area contributed by atoms with E-state index in [2.05, 4.69) is 0 Å². The molecule has 12 heteroatoms. The van der Waals surface area contributed by atoms with E-state index in [-0.39, 0.29) is 0 Å². The summed E-state index contributed by atoms with van der Waals surface area (Å²) >= 11 is 0. The van der Waals surface area contributed by atoms with Gasteiger partial charge in [-0.05, 0) is 0 Å². The van der Waals surface area contributed by atoms with Crippen molar-refractivity contribution < 1.29 is 59.5 Å². The molecule has 0 aromatic rings. The lowest BCUT2D eigenvalue weighted by Gasteiger charge is -2.45. The van der Waals surface area contributed by atoms with Crippen molar-refractivity contribution in [2.75, 3.05) is 13.2 Å². The Balaban J connectivity index is 2.10. The van der Waals surface area contributed by atoms with Crippen molar-refractivity contribution in [2.24, 2.45) is 0 Å². The largest absolute Gasteiger partial charge is 0.463 e. The fourth-order valence-corrected chi connectivity index (χ4v) is 2.75. The molecule has 2 fully saturated rings. The van der Waals surface area contributed by atoms with Crippen molar-refractivity contribution in [1.82, 2.24) is 0 Å². The second-order valence-corrected chi connectivity index (χ2v) is 6.15. The zero-order valence-corrected chi connectivity index (χ0v) is 13.9. The van der Waals surface area contributed by atoms with Gasteiger partial charge in [-0.1, -0.05) is 0 Å². The number of esters is 1. The number of hydrogen-bond acceptors (Lipinski definition) is 12. The number of rotatable bonds is 5. The van der Waals surface area contributed by atoms with E-state index < -0.39 is 80.6 Å². The summed E-state index contributed by atoms with van der Waals surface area (Å²) in [4.78, 5) is 10.9. The quantitative estimate of drug-likeness (QED) is 0.224. The number of aliphatic hydroxyl groups excluding tert-OH is 7. The van der Waals surface area contributed by atoms with Crippen molar-refractivity contribution >= 4 is 5.97 Å². The number of ether oxygens (including phenoxy) is 4. The monoisotopic (exact) mass is 384 g/mol. The van der Waals surface area contributed by atoms with E-state index in [4.69, 9.17) is 24.1 Å². The molecule has 152 valence electrons. The van der Waals surface area contributed by atoms with Crippen LogP contribution in [0.5, 0.6) is 0 Å². The van der Waals surface area contributed by atoms with E-state index in [0.29, 0.717) is 0 Å². The van der Waals surface area contributed by atoms with Gasteiger partial charge < -0.3 is 54.7 Å². The average Bonchev–Trinajstić information content (AvgIpc) is 2.60. The van der Waals surface area contributed by atoms with Gasteiger partial charge in [-0.15, -0.1) is 0 Å². The molecular weight excluding hydrogens is 360 g/mol. The lowest BCUT2D eigenvalue weighted by molar-refractivity contribution is -0.355. The van der Waals surface area contributed by atoms with Crippen LogP contribution in [0.15, 0.2) is 0 Å². The van der Waals surface area contributed by atoms with E-state index in [0.717, 1.165) is 6.92 Å². The molecule has 0 bridgehead atoms. The van der Waals surface area contributed by atoms with Crippen molar-refractivity contribution in [3.05, 3.63) is 0 Å². The van der Waals surface area contributed by atoms with Gasteiger partial charge in [-0.25, -0.2) is 0 Å². The van der Waals surface area contributed by atoms with Crippen LogP contribution in [0.25, 0.3) is 0 Å². The van der Waals surface area contributed by atoms with E-state index in [9.17, 15) is 35.4 Å². The van der Waals surface area contributed by atoms with Gasteiger partial charge in [0.2, 0.25) is 0 Å². The highest BCUT2D eigenvalue weighted by Crippen LogP contribution is 2.28. The van der Waals surface area contributed by atoms with Gasteiger partial charge in [-0.2, -0.15) is 0 Å². The summed E-state index contributed by atoms with van der Waals surface area (Å²) in [6.07, 6.45) is -15.9. The molecule has 2 heterocycles. The third kappa shape index (κ3) is 4.48. The van der Waals surface area contributed by atoms with E-state index in [1.54, 1.807) is 0 Å². The van der Waals surface area contributed by atoms with Gasteiger partial charge in [0, 0.05) is 6.92 Å². The fraction of sp³-hybridized carbons (Fsp3) is 0.929. The molecular formula is C14H24O12. The Morgan fingerprint density at radius 1 is 0.885 bits per heavy atom. The molecule has 10 atom stereocenters. The van der Waals surface area contributed by atoms with Crippen LogP contribution < -0.4 is 0 Å². The summed E-state index contributed by atoms with van der Waals surface area (Å²) in [6, 6.07) is 0. The van der Waals surface area contributed by atoms with Crippen molar-refractivity contribution in [3.8, 4) is 0 Å². The first-order valence-electron chi connectivity index (χ1n) is 7.96. The molecule has 2 aliphatic rings. The third-order valence-corrected chi connectivity index (χ3v) is 4.25. The smallest absolute Gasteiger partial charge is 0.302 e. The predicted octanol–water partition coefficient (Wildman–Crippen LogP) is -4.83. The third-order valence-electron chi connectivity index (χ3n) is 4.25. The molecule has 7 N–H and O–H groups in total. The SMILES string of the molecule is CC(=O)OC[C@H]1O[C@H](O)[C@H](O)[C@@H](O[C@@H]2O[C@H](CO)[C@H](O)[C@H](O)[C@H]2O)[C@H]1O. The topological polar surface area (TPSA) is 196 Å². The number of carbonyl (C=O) groups excluding carboxylic acids is 1. The average molecular weight is 384 g/mol. The first kappa shape index (κ1) is 21.4. The van der Waals surface area contributed by atoms with E-state index >= 15 is 0 Å². The number of carbonyl (C=O) groups is 1. The zero-order valence-electron chi connectivity index (χ0n) is 13.9. The molecule has 2 rings (SSSR count). The highest BCUT2D eigenvalue weighted by molar-refractivity contribution is 5.65. The summed E-state index contributed by atoms with van der Waals surface area (Å²) in [7, 11) is 0. The van der Waals surface area contributed by atoms with Crippen LogP contribution in [0.2, 0.25) is 0 Å². The second kappa shape index (κ2) is 8.84. The van der Waals surface area contributed by atoms with Gasteiger partial charge in [0.05, 0.1) is 6.61 Å². The molecule has 0 saturated carbocycles. The standard InChI is InChI=1S/C14H24O12/c1-4(16)23-3-6-8(18)12(11(21)13(22)24-6)26-14-10(20)9(19)7(17)5(2-15)25-14/h5-15,17-22H,2-3H2,1H3/t5-,6-,7+,8+,9+,10-,11-,12+,13+,14+/m1/s1. The minimum atomic E-state index is -1.80. The van der Waals surface area contributed by atoms with Crippen molar-refractivity contribution in [2.45, 2.75) is 68.3 Å². The van der Waals surface area contributed by atoms with Gasteiger partial charge in [0.15, 0.2) is 12.6 Å². The highest BCUT2D eigenvalue weighted by atomic mass is 16.7. The molecule has 0 amide bonds. The van der Waals surface area contributed by atoms with Gasteiger partial charge in [0.25, 0.3) is 0 Å². The van der Waals surface area contributed by atoms with Crippen LogP contribution in [0.4, 0.5) is 0 Å². The molecule has 26 heavy (non-hydrogen) atoms. The second-order valence-electron chi connectivity index (χ2n) is 6.15. The Kier molecular flexibility index (Phi) is 7.27. The maximum atomic E-state index is 10.9. The number of aliphatic hydroxyl groups is 7. The Labute approximate surface area is 148 Å². The van der Waals surface area contributed by atoms with Crippen LogP contribution in [-0.4, -0.2) is 116 Å². The van der Waals surface area contributed by atoms with Crippen LogP contribution >= 0.6 is 0 Å². The molecule has 2 saturated heterocycles. The molecule has 0 unspecified atom stereocenters. The van der Waals surface area contributed by atoms with Crippen LogP contribution in [0.3, 0.4) is 0 Å². The molecule has 0 aromatic carbocycles. The lowest BCUT2D eigenvalue weighted by Crippen LogP contribution is -2.64. The first-order valence-corrected chi connectivity index (χ1v) is 7.96. The van der Waals surface area contributed by atoms with Gasteiger partial charge in [-0.3, -0.25) is 4.79 Å². The highest BCUT2D eigenvalue weighted by Gasteiger charge is 2.50. The Hall–Kier alpha value is -0.930. The van der Waals surface area contributed by atoms with Crippen molar-refractivity contribution in [3.63, 3.8) is 0 Å². The lowest BCUT2D eigenvalue weighted by atomic mass is 9.97. The first-order chi connectivity index (χ1) is 12.2. The van der Waals surface area contributed by atoms with Crippen LogP contribution in [0.1, 0.15) is 6.92 Å². The van der Waals surface area contributed by atoms with Crippen molar-refractivity contribution in [1.29, 1.82) is 0 Å².